The van der Waals surface area contributed by atoms with Crippen LogP contribution >= 0.6 is 0 Å². The van der Waals surface area contributed by atoms with Crippen LogP contribution in [-0.4, -0.2) is 22.5 Å². The molecule has 0 amide bonds. The number of carbonyl (C=O) groups is 1. The molecule has 20 heavy (non-hydrogen) atoms. The van der Waals surface area contributed by atoms with Crippen molar-refractivity contribution in [3.8, 4) is 0 Å². The van der Waals surface area contributed by atoms with Gasteiger partial charge in [0.1, 0.15) is 17.6 Å². The van der Waals surface area contributed by atoms with E-state index >= 15 is 0 Å². The van der Waals surface area contributed by atoms with Crippen LogP contribution in [-0.2, 0) is 17.8 Å². The zero-order valence-electron chi connectivity index (χ0n) is 10.8. The average Bonchev–Trinajstić information content (AvgIpc) is 2.88. The minimum Gasteiger partial charge on any atom is -0.480 e. The maximum atomic E-state index is 13.7. The third kappa shape index (κ3) is 2.20. The summed E-state index contributed by atoms with van der Waals surface area (Å²) in [6, 6.07) is 7.34. The molecule has 1 aliphatic heterocycles. The number of aliphatic carboxylic acids is 1. The molecule has 104 valence electrons. The molecule has 2 heterocycles. The van der Waals surface area contributed by atoms with Crippen molar-refractivity contribution < 1.29 is 18.7 Å². The van der Waals surface area contributed by atoms with Crippen molar-refractivity contribution in [1.82, 2.24) is 4.90 Å². The molecule has 0 fully saturated rings. The number of fused-ring (bicyclic) bond motifs is 1. The normalized spacial score (nSPS) is 18.8. The molecular weight excluding hydrogens is 261 g/mol. The van der Waals surface area contributed by atoms with Gasteiger partial charge in [0.25, 0.3) is 0 Å². The van der Waals surface area contributed by atoms with Crippen molar-refractivity contribution in [2.45, 2.75) is 19.0 Å². The van der Waals surface area contributed by atoms with Gasteiger partial charge in [-0.2, -0.15) is 0 Å². The van der Waals surface area contributed by atoms with Crippen LogP contribution in [0.3, 0.4) is 0 Å². The van der Waals surface area contributed by atoms with Crippen LogP contribution in [0.2, 0.25) is 0 Å². The van der Waals surface area contributed by atoms with Crippen LogP contribution in [0.25, 0.3) is 0 Å². The summed E-state index contributed by atoms with van der Waals surface area (Å²) in [5.41, 5.74) is 1.17. The molecule has 1 aromatic heterocycles. The van der Waals surface area contributed by atoms with E-state index in [-0.39, 0.29) is 12.4 Å². The summed E-state index contributed by atoms with van der Waals surface area (Å²) in [6.45, 7) is 0.806. The van der Waals surface area contributed by atoms with Crippen molar-refractivity contribution in [3.63, 3.8) is 0 Å². The van der Waals surface area contributed by atoms with Gasteiger partial charge in [0.15, 0.2) is 0 Å². The van der Waals surface area contributed by atoms with E-state index in [4.69, 9.17) is 4.42 Å². The molecule has 0 spiro atoms. The van der Waals surface area contributed by atoms with Gasteiger partial charge in [-0.1, -0.05) is 18.2 Å². The maximum Gasteiger partial charge on any atom is 0.325 e. The maximum absolute atomic E-state index is 13.7. The molecule has 0 aliphatic carbocycles. The first-order valence-electron chi connectivity index (χ1n) is 6.43. The number of hydrogen-bond donors (Lipinski definition) is 1. The third-order valence-corrected chi connectivity index (χ3v) is 3.63. The fourth-order valence-electron chi connectivity index (χ4n) is 2.67. The van der Waals surface area contributed by atoms with Gasteiger partial charge in [-0.05, 0) is 12.1 Å². The van der Waals surface area contributed by atoms with Crippen LogP contribution < -0.4 is 0 Å². The second-order valence-corrected chi connectivity index (χ2v) is 4.85. The van der Waals surface area contributed by atoms with E-state index in [0.29, 0.717) is 29.9 Å². The number of hydrogen-bond acceptors (Lipinski definition) is 3. The molecule has 1 aromatic carbocycles. The summed E-state index contributed by atoms with van der Waals surface area (Å²) in [5.74, 6) is -0.541. The van der Waals surface area contributed by atoms with E-state index in [9.17, 15) is 14.3 Å². The standard InChI is InChI=1S/C15H14FNO3/c16-12-4-2-1-3-10(12)9-17-7-5-13-11(6-8-20-13)14(17)15(18)19/h1-4,6,8,14H,5,7,9H2,(H,18,19). The predicted molar refractivity (Wildman–Crippen MR) is 69.6 cm³/mol. The lowest BCUT2D eigenvalue weighted by Gasteiger charge is -2.32. The molecule has 0 saturated carbocycles. The first-order chi connectivity index (χ1) is 9.66. The molecule has 2 aromatic rings. The zero-order valence-corrected chi connectivity index (χ0v) is 10.8. The van der Waals surface area contributed by atoms with Crippen molar-refractivity contribution >= 4 is 5.97 Å². The lowest BCUT2D eigenvalue weighted by molar-refractivity contribution is -0.144. The van der Waals surface area contributed by atoms with E-state index in [1.807, 2.05) is 0 Å². The van der Waals surface area contributed by atoms with Crippen molar-refractivity contribution in [2.24, 2.45) is 0 Å². The van der Waals surface area contributed by atoms with Gasteiger partial charge in [-0.15, -0.1) is 0 Å². The number of furan rings is 1. The summed E-state index contributed by atoms with van der Waals surface area (Å²) in [4.78, 5) is 13.3. The Morgan fingerprint density at radius 1 is 1.40 bits per heavy atom. The highest BCUT2D eigenvalue weighted by Gasteiger charge is 2.34. The lowest BCUT2D eigenvalue weighted by Crippen LogP contribution is -2.38. The first-order valence-corrected chi connectivity index (χ1v) is 6.43. The molecule has 3 rings (SSSR count). The number of halogens is 1. The monoisotopic (exact) mass is 275 g/mol. The van der Waals surface area contributed by atoms with E-state index in [2.05, 4.69) is 0 Å². The summed E-state index contributed by atoms with van der Waals surface area (Å²) >= 11 is 0. The second kappa shape index (κ2) is 5.09. The fraction of sp³-hybridized carbons (Fsp3) is 0.267. The number of carboxylic acids is 1. The van der Waals surface area contributed by atoms with E-state index in [0.717, 1.165) is 0 Å². The summed E-state index contributed by atoms with van der Waals surface area (Å²) in [6.07, 6.45) is 2.15. The van der Waals surface area contributed by atoms with Crippen LogP contribution in [0.15, 0.2) is 41.0 Å². The van der Waals surface area contributed by atoms with Gasteiger partial charge in [0.2, 0.25) is 0 Å². The van der Waals surface area contributed by atoms with Gasteiger partial charge < -0.3 is 9.52 Å². The smallest absolute Gasteiger partial charge is 0.325 e. The van der Waals surface area contributed by atoms with Crippen LogP contribution in [0.5, 0.6) is 0 Å². The largest absolute Gasteiger partial charge is 0.480 e. The molecule has 0 radical (unpaired) electrons. The van der Waals surface area contributed by atoms with Crippen LogP contribution in [0, 0.1) is 5.82 Å². The zero-order chi connectivity index (χ0) is 14.1. The molecule has 5 heteroatoms. The van der Waals surface area contributed by atoms with Crippen molar-refractivity contribution in [2.75, 3.05) is 6.54 Å². The fourth-order valence-corrected chi connectivity index (χ4v) is 2.67. The number of nitrogens with zero attached hydrogens (tertiary/aromatic N) is 1. The minimum absolute atomic E-state index is 0.272. The van der Waals surface area contributed by atoms with Gasteiger partial charge in [-0.25, -0.2) is 4.39 Å². The van der Waals surface area contributed by atoms with Crippen molar-refractivity contribution in [1.29, 1.82) is 0 Å². The average molecular weight is 275 g/mol. The van der Waals surface area contributed by atoms with Crippen molar-refractivity contribution in [3.05, 3.63) is 59.3 Å². The molecule has 4 nitrogen and oxygen atoms in total. The van der Waals surface area contributed by atoms with E-state index in [1.165, 1.54) is 12.3 Å². The Kier molecular flexibility index (Phi) is 3.28. The number of benzene rings is 1. The molecule has 1 unspecified atom stereocenters. The Morgan fingerprint density at radius 3 is 2.95 bits per heavy atom. The Bertz CT molecular complexity index is 638. The molecule has 1 atom stereocenters. The Morgan fingerprint density at radius 2 is 2.20 bits per heavy atom. The Hall–Kier alpha value is -2.14. The molecular formula is C15H14FNO3. The molecule has 0 saturated heterocycles. The molecule has 1 aliphatic rings. The lowest BCUT2D eigenvalue weighted by atomic mass is 9.98. The molecule has 0 bridgehead atoms. The first kappa shape index (κ1) is 12.9. The van der Waals surface area contributed by atoms with Gasteiger partial charge >= 0.3 is 5.97 Å². The highest BCUT2D eigenvalue weighted by molar-refractivity contribution is 5.76. The summed E-state index contributed by atoms with van der Waals surface area (Å²) < 4.78 is 19.0. The second-order valence-electron chi connectivity index (χ2n) is 4.85. The van der Waals surface area contributed by atoms with Gasteiger partial charge in [0.05, 0.1) is 6.26 Å². The molecule has 1 N–H and O–H groups in total. The summed E-state index contributed by atoms with van der Waals surface area (Å²) in [7, 11) is 0. The highest BCUT2D eigenvalue weighted by atomic mass is 19.1. The predicted octanol–water partition coefficient (Wildman–Crippen LogP) is 2.60. The summed E-state index contributed by atoms with van der Waals surface area (Å²) in [5, 5.41) is 9.44. The SMILES string of the molecule is O=C(O)C1c2ccoc2CCN1Cc1ccccc1F. The van der Waals surface area contributed by atoms with E-state index < -0.39 is 12.0 Å². The highest BCUT2D eigenvalue weighted by Crippen LogP contribution is 2.32. The minimum atomic E-state index is -0.941. The number of carboxylic acid groups (broad SMARTS) is 1. The van der Waals surface area contributed by atoms with Gasteiger partial charge in [0, 0.05) is 30.6 Å². The van der Waals surface area contributed by atoms with E-state index in [1.54, 1.807) is 29.2 Å². The Labute approximate surface area is 115 Å². The quantitative estimate of drug-likeness (QED) is 0.935. The number of rotatable bonds is 3. The third-order valence-electron chi connectivity index (χ3n) is 3.63. The van der Waals surface area contributed by atoms with Crippen LogP contribution in [0.1, 0.15) is 22.9 Å². The van der Waals surface area contributed by atoms with Crippen LogP contribution in [0.4, 0.5) is 4.39 Å². The van der Waals surface area contributed by atoms with Gasteiger partial charge in [-0.3, -0.25) is 9.69 Å². The topological polar surface area (TPSA) is 53.7 Å². The Balaban J connectivity index is 1.90.